The highest BCUT2D eigenvalue weighted by Crippen LogP contribution is 2.38. The zero-order chi connectivity index (χ0) is 31.3. The van der Waals surface area contributed by atoms with E-state index in [1.807, 2.05) is 54.6 Å². The summed E-state index contributed by atoms with van der Waals surface area (Å²) in [4.78, 5) is 51.3. The Bertz CT molecular complexity index is 2050. The summed E-state index contributed by atoms with van der Waals surface area (Å²) in [5, 5.41) is 2.29. The molecule has 0 fully saturated rings. The second-order valence-electron chi connectivity index (χ2n) is 11.4. The number of amides is 4. The maximum atomic E-state index is 13.2. The van der Waals surface area contributed by atoms with Gasteiger partial charge in [0.15, 0.2) is 0 Å². The maximum Gasteiger partial charge on any atom is 0.266 e. The van der Waals surface area contributed by atoms with E-state index in [2.05, 4.69) is 19.2 Å². The molecule has 5 aromatic carbocycles. The summed E-state index contributed by atoms with van der Waals surface area (Å²) in [5.41, 5.74) is 3.28. The molecule has 0 atom stereocenters. The van der Waals surface area contributed by atoms with Crippen molar-refractivity contribution in [3.8, 4) is 23.0 Å². The van der Waals surface area contributed by atoms with E-state index in [4.69, 9.17) is 9.47 Å². The molecule has 8 heteroatoms. The molecular weight excluding hydrogens is 568 g/mol. The number of nitrogens with zero attached hydrogens (tertiary/aromatic N) is 1. The SMILES string of the molecule is CC(C)(c1cccc(Oc2ccc3c(c2)C(=O)NC3=O)c1)c1cccc(Oc2ccc3c(c2)C(=O)N(c2ccccc2)C3=O)c1. The lowest BCUT2D eigenvalue weighted by Gasteiger charge is -2.27. The van der Waals surface area contributed by atoms with E-state index < -0.39 is 17.2 Å². The van der Waals surface area contributed by atoms with E-state index in [0.717, 1.165) is 11.1 Å². The number of anilines is 1. The van der Waals surface area contributed by atoms with Gasteiger partial charge in [-0.3, -0.25) is 24.5 Å². The number of rotatable bonds is 7. The van der Waals surface area contributed by atoms with E-state index in [1.165, 1.54) is 4.90 Å². The standard InChI is InChI=1S/C37H26N2O6/c1-37(2,22-8-6-12-25(18-22)44-27-14-16-29-31(20-27)34(41)38-33(29)40)23-9-7-13-26(19-23)45-28-15-17-30-32(21-28)36(43)39(35(30)42)24-10-4-3-5-11-24/h3-21H,1-2H3,(H,38,40,41). The molecule has 0 spiro atoms. The molecule has 220 valence electrons. The molecule has 8 nitrogen and oxygen atoms in total. The first-order chi connectivity index (χ1) is 21.7. The summed E-state index contributed by atoms with van der Waals surface area (Å²) in [6, 6.07) is 34.0. The molecule has 4 amide bonds. The van der Waals surface area contributed by atoms with Crippen LogP contribution in [0.15, 0.2) is 115 Å². The van der Waals surface area contributed by atoms with Crippen molar-refractivity contribution >= 4 is 29.3 Å². The van der Waals surface area contributed by atoms with Gasteiger partial charge < -0.3 is 9.47 Å². The molecule has 45 heavy (non-hydrogen) atoms. The molecule has 2 aliphatic rings. The van der Waals surface area contributed by atoms with E-state index >= 15 is 0 Å². The first-order valence-corrected chi connectivity index (χ1v) is 14.3. The highest BCUT2D eigenvalue weighted by Gasteiger charge is 2.37. The maximum absolute atomic E-state index is 13.2. The lowest BCUT2D eigenvalue weighted by atomic mass is 9.78. The first kappa shape index (κ1) is 27.8. The fraction of sp³-hybridized carbons (Fsp3) is 0.0811. The Labute approximate surface area is 258 Å². The highest BCUT2D eigenvalue weighted by atomic mass is 16.5. The zero-order valence-electron chi connectivity index (χ0n) is 24.4. The minimum atomic E-state index is -0.459. The van der Waals surface area contributed by atoms with Crippen LogP contribution in [0.2, 0.25) is 0 Å². The number of carbonyl (C=O) groups is 4. The Kier molecular flexibility index (Phi) is 6.55. The molecule has 0 unspecified atom stereocenters. The van der Waals surface area contributed by atoms with Gasteiger partial charge in [-0.2, -0.15) is 0 Å². The van der Waals surface area contributed by atoms with Gasteiger partial charge in [-0.1, -0.05) is 56.3 Å². The van der Waals surface area contributed by atoms with Crippen LogP contribution in [0, 0.1) is 0 Å². The molecule has 7 rings (SSSR count). The number of hydrogen-bond acceptors (Lipinski definition) is 6. The Morgan fingerprint density at radius 3 is 1.64 bits per heavy atom. The summed E-state index contributed by atoms with van der Waals surface area (Å²) in [6.07, 6.45) is 0. The van der Waals surface area contributed by atoms with Gasteiger partial charge in [0.2, 0.25) is 0 Å². The van der Waals surface area contributed by atoms with Crippen molar-refractivity contribution < 1.29 is 28.7 Å². The van der Waals surface area contributed by atoms with E-state index in [-0.39, 0.29) is 11.8 Å². The first-order valence-electron chi connectivity index (χ1n) is 14.3. The number of fused-ring (bicyclic) bond motifs is 2. The fourth-order valence-corrected chi connectivity index (χ4v) is 5.64. The van der Waals surface area contributed by atoms with Crippen molar-refractivity contribution in [2.24, 2.45) is 0 Å². The van der Waals surface area contributed by atoms with Crippen molar-refractivity contribution in [1.29, 1.82) is 0 Å². The van der Waals surface area contributed by atoms with E-state index in [0.29, 0.717) is 50.9 Å². The minimum absolute atomic E-state index is 0.290. The lowest BCUT2D eigenvalue weighted by Crippen LogP contribution is -2.29. The highest BCUT2D eigenvalue weighted by molar-refractivity contribution is 6.34. The van der Waals surface area contributed by atoms with Crippen molar-refractivity contribution in [2.45, 2.75) is 19.3 Å². The topological polar surface area (TPSA) is 102 Å². The Hall–Kier alpha value is -6.02. The number of para-hydroxylation sites is 1. The number of carbonyl (C=O) groups excluding carboxylic acids is 4. The summed E-state index contributed by atoms with van der Waals surface area (Å²) >= 11 is 0. The molecule has 0 aromatic heterocycles. The van der Waals surface area contributed by atoms with Gasteiger partial charge in [-0.25, -0.2) is 4.90 Å². The second kappa shape index (κ2) is 10.6. The zero-order valence-corrected chi connectivity index (χ0v) is 24.4. The average molecular weight is 595 g/mol. The molecule has 2 aliphatic heterocycles. The predicted octanol–water partition coefficient (Wildman–Crippen LogP) is 7.28. The van der Waals surface area contributed by atoms with Gasteiger partial charge in [0.05, 0.1) is 27.9 Å². The van der Waals surface area contributed by atoms with Crippen LogP contribution in [0.4, 0.5) is 5.69 Å². The van der Waals surface area contributed by atoms with Gasteiger partial charge in [0, 0.05) is 5.41 Å². The summed E-state index contributed by atoms with van der Waals surface area (Å²) in [6.45, 7) is 4.18. The van der Waals surface area contributed by atoms with Gasteiger partial charge in [-0.15, -0.1) is 0 Å². The molecule has 1 N–H and O–H groups in total. The van der Waals surface area contributed by atoms with Crippen molar-refractivity contribution in [3.05, 3.63) is 149 Å². The molecule has 2 heterocycles. The van der Waals surface area contributed by atoms with Crippen molar-refractivity contribution in [2.75, 3.05) is 4.90 Å². The summed E-state index contributed by atoms with van der Waals surface area (Å²) in [7, 11) is 0. The molecule has 0 radical (unpaired) electrons. The van der Waals surface area contributed by atoms with Gasteiger partial charge >= 0.3 is 0 Å². The lowest BCUT2D eigenvalue weighted by molar-refractivity contribution is 0.0874. The van der Waals surface area contributed by atoms with Gasteiger partial charge in [0.1, 0.15) is 23.0 Å². The predicted molar refractivity (Wildman–Crippen MR) is 167 cm³/mol. The van der Waals surface area contributed by atoms with Crippen LogP contribution in [-0.2, 0) is 5.41 Å². The fourth-order valence-electron chi connectivity index (χ4n) is 5.64. The third kappa shape index (κ3) is 4.92. The molecular formula is C37H26N2O6. The normalized spacial score (nSPS) is 13.9. The summed E-state index contributed by atoms with van der Waals surface area (Å²) < 4.78 is 12.3. The largest absolute Gasteiger partial charge is 0.457 e. The van der Waals surface area contributed by atoms with Crippen molar-refractivity contribution in [3.63, 3.8) is 0 Å². The van der Waals surface area contributed by atoms with Crippen LogP contribution in [0.25, 0.3) is 0 Å². The quantitative estimate of drug-likeness (QED) is 0.199. The van der Waals surface area contributed by atoms with Crippen LogP contribution >= 0.6 is 0 Å². The Morgan fingerprint density at radius 1 is 0.511 bits per heavy atom. The summed E-state index contributed by atoms with van der Waals surface area (Å²) in [5.74, 6) is 0.456. The number of benzene rings is 5. The smallest absolute Gasteiger partial charge is 0.266 e. The molecule has 5 aromatic rings. The van der Waals surface area contributed by atoms with Crippen LogP contribution < -0.4 is 19.7 Å². The Balaban J connectivity index is 1.11. The molecule has 0 aliphatic carbocycles. The third-order valence-corrected chi connectivity index (χ3v) is 8.16. The van der Waals surface area contributed by atoms with Crippen LogP contribution in [0.1, 0.15) is 66.4 Å². The van der Waals surface area contributed by atoms with Crippen LogP contribution in [0.3, 0.4) is 0 Å². The van der Waals surface area contributed by atoms with Crippen LogP contribution in [0.5, 0.6) is 23.0 Å². The molecule has 0 saturated carbocycles. The molecule has 0 saturated heterocycles. The van der Waals surface area contributed by atoms with E-state index in [9.17, 15) is 19.2 Å². The molecule has 0 bridgehead atoms. The Morgan fingerprint density at radius 2 is 1.02 bits per heavy atom. The number of nitrogens with one attached hydrogen (secondary N) is 1. The van der Waals surface area contributed by atoms with Crippen molar-refractivity contribution in [1.82, 2.24) is 5.32 Å². The number of hydrogen-bond donors (Lipinski definition) is 1. The van der Waals surface area contributed by atoms with Gasteiger partial charge in [0.25, 0.3) is 23.6 Å². The minimum Gasteiger partial charge on any atom is -0.457 e. The third-order valence-electron chi connectivity index (χ3n) is 8.16. The number of ether oxygens (including phenoxy) is 2. The second-order valence-corrected chi connectivity index (χ2v) is 11.4. The van der Waals surface area contributed by atoms with Gasteiger partial charge in [-0.05, 0) is 83.9 Å². The van der Waals surface area contributed by atoms with Crippen LogP contribution in [-0.4, -0.2) is 23.6 Å². The van der Waals surface area contributed by atoms with E-state index in [1.54, 1.807) is 60.7 Å². The monoisotopic (exact) mass is 594 g/mol. The average Bonchev–Trinajstić information content (AvgIpc) is 3.47. The number of imide groups is 2.